The molecule has 0 aliphatic carbocycles. The molecule has 3 aliphatic rings. The molecule has 5 rings (SSSR count). The van der Waals surface area contributed by atoms with Crippen LogP contribution in [0.5, 0.6) is 11.5 Å². The van der Waals surface area contributed by atoms with Gasteiger partial charge in [-0.3, -0.25) is 9.36 Å². The maximum absolute atomic E-state index is 12.7. The van der Waals surface area contributed by atoms with Gasteiger partial charge in [-0.1, -0.05) is 17.8 Å². The Morgan fingerprint density at radius 3 is 2.85 bits per heavy atom. The number of carbonyl (C=O) groups excluding carboxylic acids is 1. The first kappa shape index (κ1) is 22.3. The Balaban J connectivity index is 1.22. The Morgan fingerprint density at radius 1 is 1.18 bits per heavy atom. The van der Waals surface area contributed by atoms with Gasteiger partial charge in [0.15, 0.2) is 16.7 Å². The van der Waals surface area contributed by atoms with Crippen molar-refractivity contribution in [2.45, 2.75) is 62.9 Å². The van der Waals surface area contributed by atoms with Gasteiger partial charge in [0, 0.05) is 19.7 Å². The summed E-state index contributed by atoms with van der Waals surface area (Å²) >= 11 is 1.43. The predicted octanol–water partition coefficient (Wildman–Crippen LogP) is 3.15. The molecule has 0 saturated carbocycles. The minimum Gasteiger partial charge on any atom is -0.454 e. The molecule has 2 fully saturated rings. The van der Waals surface area contributed by atoms with Crippen molar-refractivity contribution in [3.05, 3.63) is 23.8 Å². The second kappa shape index (κ2) is 10.2. The molecule has 9 nitrogen and oxygen atoms in total. The number of benzene rings is 1. The minimum atomic E-state index is -0.138. The predicted molar refractivity (Wildman–Crippen MR) is 125 cm³/mol. The van der Waals surface area contributed by atoms with Gasteiger partial charge in [-0.05, 0) is 56.7 Å². The van der Waals surface area contributed by atoms with Crippen LogP contribution in [0.2, 0.25) is 0 Å². The summed E-state index contributed by atoms with van der Waals surface area (Å²) in [5.41, 5.74) is 0.978. The summed E-state index contributed by atoms with van der Waals surface area (Å²) in [6.07, 6.45) is 5.94. The van der Waals surface area contributed by atoms with Gasteiger partial charge in [0.05, 0.1) is 24.4 Å². The highest BCUT2D eigenvalue weighted by Gasteiger charge is 2.25. The van der Waals surface area contributed by atoms with Crippen LogP contribution in [0.15, 0.2) is 23.4 Å². The summed E-state index contributed by atoms with van der Waals surface area (Å²) < 4.78 is 18.8. The highest BCUT2D eigenvalue weighted by Crippen LogP contribution is 2.34. The van der Waals surface area contributed by atoms with Gasteiger partial charge in [-0.15, -0.1) is 10.2 Å². The Morgan fingerprint density at radius 2 is 2.03 bits per heavy atom. The molecule has 2 atom stereocenters. The van der Waals surface area contributed by atoms with Gasteiger partial charge in [0.25, 0.3) is 0 Å². The average molecular weight is 474 g/mol. The first-order valence-corrected chi connectivity index (χ1v) is 12.8. The average Bonchev–Trinajstić information content (AvgIpc) is 3.59. The van der Waals surface area contributed by atoms with E-state index in [1.54, 1.807) is 0 Å². The van der Waals surface area contributed by atoms with E-state index >= 15 is 0 Å². The number of aromatic nitrogens is 3. The Labute approximate surface area is 198 Å². The van der Waals surface area contributed by atoms with Crippen molar-refractivity contribution >= 4 is 23.6 Å². The maximum Gasteiger partial charge on any atom is 0.231 e. The number of rotatable bonds is 8. The lowest BCUT2D eigenvalue weighted by molar-refractivity contribution is -0.119. The van der Waals surface area contributed by atoms with Crippen molar-refractivity contribution in [2.24, 2.45) is 0 Å². The summed E-state index contributed by atoms with van der Waals surface area (Å²) in [6, 6.07) is 5.62. The fourth-order valence-electron chi connectivity index (χ4n) is 4.55. The number of nitrogens with zero attached hydrogens (tertiary/aromatic N) is 4. The van der Waals surface area contributed by atoms with E-state index in [2.05, 4.69) is 25.0 Å². The molecule has 10 heteroatoms. The number of ether oxygens (including phenoxy) is 3. The molecule has 1 N–H and O–H groups in total. The van der Waals surface area contributed by atoms with E-state index in [1.807, 2.05) is 25.1 Å². The number of piperidine rings is 1. The normalized spacial score (nSPS) is 20.8. The van der Waals surface area contributed by atoms with Gasteiger partial charge >= 0.3 is 0 Å². The monoisotopic (exact) mass is 473 g/mol. The molecule has 2 saturated heterocycles. The standard InChI is InChI=1S/C23H31N5O4S/c1-16(17-7-8-19-20(12-17)32-15-31-19)24-21(29)14-33-23-26-25-22(27-9-3-2-4-10-27)28(23)13-18-6-5-11-30-18/h7-8,12,16,18H,2-6,9-11,13-15H2,1H3,(H,24,29). The zero-order chi connectivity index (χ0) is 22.6. The van der Waals surface area contributed by atoms with E-state index in [9.17, 15) is 4.79 Å². The molecule has 1 aromatic heterocycles. The van der Waals surface area contributed by atoms with Gasteiger partial charge in [0.1, 0.15) is 0 Å². The molecule has 0 spiro atoms. The number of fused-ring (bicyclic) bond motifs is 1. The van der Waals surface area contributed by atoms with Crippen molar-refractivity contribution in [1.82, 2.24) is 20.1 Å². The van der Waals surface area contributed by atoms with E-state index < -0.39 is 0 Å². The quantitative estimate of drug-likeness (QED) is 0.585. The largest absolute Gasteiger partial charge is 0.454 e. The Hall–Kier alpha value is -2.46. The molecule has 0 radical (unpaired) electrons. The molecule has 178 valence electrons. The van der Waals surface area contributed by atoms with Crippen LogP contribution in [0.1, 0.15) is 50.6 Å². The highest BCUT2D eigenvalue weighted by molar-refractivity contribution is 7.99. The summed E-state index contributed by atoms with van der Waals surface area (Å²) in [4.78, 5) is 15.0. The maximum atomic E-state index is 12.7. The number of hydrogen-bond acceptors (Lipinski definition) is 8. The van der Waals surface area contributed by atoms with Crippen LogP contribution in [0, 0.1) is 0 Å². The molecule has 2 unspecified atom stereocenters. The number of amides is 1. The molecular formula is C23H31N5O4S. The molecule has 1 amide bonds. The van der Waals surface area contributed by atoms with Crippen LogP contribution in [0.25, 0.3) is 0 Å². The summed E-state index contributed by atoms with van der Waals surface area (Å²) in [7, 11) is 0. The van der Waals surface area contributed by atoms with E-state index in [-0.39, 0.29) is 30.6 Å². The van der Waals surface area contributed by atoms with Crippen LogP contribution in [0.4, 0.5) is 5.95 Å². The smallest absolute Gasteiger partial charge is 0.231 e. The number of carbonyl (C=O) groups is 1. The molecule has 33 heavy (non-hydrogen) atoms. The Bertz CT molecular complexity index is 972. The summed E-state index contributed by atoms with van der Waals surface area (Å²) in [5.74, 6) is 2.59. The van der Waals surface area contributed by atoms with Gasteiger partial charge in [-0.25, -0.2) is 0 Å². The van der Waals surface area contributed by atoms with Crippen LogP contribution >= 0.6 is 11.8 Å². The second-order valence-electron chi connectivity index (χ2n) is 8.77. The fourth-order valence-corrected chi connectivity index (χ4v) is 5.30. The molecule has 2 aromatic rings. The Kier molecular flexibility index (Phi) is 6.91. The van der Waals surface area contributed by atoms with Crippen LogP contribution in [0.3, 0.4) is 0 Å². The minimum absolute atomic E-state index is 0.0450. The lowest BCUT2D eigenvalue weighted by Gasteiger charge is -2.28. The van der Waals surface area contributed by atoms with Crippen LogP contribution < -0.4 is 19.7 Å². The van der Waals surface area contributed by atoms with E-state index in [1.165, 1.54) is 31.0 Å². The topological polar surface area (TPSA) is 90.7 Å². The third kappa shape index (κ3) is 5.22. The lowest BCUT2D eigenvalue weighted by Crippen LogP contribution is -2.33. The van der Waals surface area contributed by atoms with Crippen LogP contribution in [-0.4, -0.2) is 59.0 Å². The first-order valence-electron chi connectivity index (χ1n) is 11.8. The molecule has 3 aliphatic heterocycles. The second-order valence-corrected chi connectivity index (χ2v) is 9.71. The number of hydrogen-bond donors (Lipinski definition) is 1. The number of anilines is 1. The van der Waals surface area contributed by atoms with E-state index in [4.69, 9.17) is 14.2 Å². The fraction of sp³-hybridized carbons (Fsp3) is 0.609. The molecule has 1 aromatic carbocycles. The molecular weight excluding hydrogens is 442 g/mol. The third-order valence-electron chi connectivity index (χ3n) is 6.35. The van der Waals surface area contributed by atoms with Gasteiger partial charge in [0.2, 0.25) is 18.6 Å². The lowest BCUT2D eigenvalue weighted by atomic mass is 10.1. The van der Waals surface area contributed by atoms with Crippen molar-refractivity contribution in [3.63, 3.8) is 0 Å². The van der Waals surface area contributed by atoms with Crippen LogP contribution in [-0.2, 0) is 16.1 Å². The van der Waals surface area contributed by atoms with E-state index in [0.29, 0.717) is 0 Å². The van der Waals surface area contributed by atoms with Crippen molar-refractivity contribution in [1.29, 1.82) is 0 Å². The number of nitrogens with one attached hydrogen (secondary N) is 1. The zero-order valence-corrected chi connectivity index (χ0v) is 19.8. The summed E-state index contributed by atoms with van der Waals surface area (Å²) in [5, 5.41) is 12.8. The first-order chi connectivity index (χ1) is 16.2. The highest BCUT2D eigenvalue weighted by atomic mass is 32.2. The molecule has 4 heterocycles. The summed E-state index contributed by atoms with van der Waals surface area (Å²) in [6.45, 7) is 5.76. The van der Waals surface area contributed by atoms with E-state index in [0.717, 1.165) is 67.3 Å². The molecule has 0 bridgehead atoms. The van der Waals surface area contributed by atoms with Crippen molar-refractivity contribution < 1.29 is 19.0 Å². The van der Waals surface area contributed by atoms with Crippen molar-refractivity contribution in [2.75, 3.05) is 37.1 Å². The third-order valence-corrected chi connectivity index (χ3v) is 7.32. The number of thioether (sulfide) groups is 1. The van der Waals surface area contributed by atoms with Crippen molar-refractivity contribution in [3.8, 4) is 11.5 Å². The SMILES string of the molecule is CC(NC(=O)CSc1nnc(N2CCCCC2)n1CC1CCCO1)c1ccc2c(c1)OCO2. The zero-order valence-electron chi connectivity index (χ0n) is 19.0. The van der Waals surface area contributed by atoms with Gasteiger partial charge < -0.3 is 24.4 Å². The van der Waals surface area contributed by atoms with Gasteiger partial charge in [-0.2, -0.15) is 0 Å².